The van der Waals surface area contributed by atoms with Crippen molar-refractivity contribution in [2.45, 2.75) is 31.7 Å². The molecular formula is C11H18N2O3S. The maximum atomic E-state index is 11.9. The lowest BCUT2D eigenvalue weighted by Crippen LogP contribution is -2.35. The van der Waals surface area contributed by atoms with Crippen LogP contribution in [0.5, 0.6) is 0 Å². The van der Waals surface area contributed by atoms with E-state index < -0.39 is 16.1 Å². The van der Waals surface area contributed by atoms with Crippen molar-refractivity contribution in [3.05, 3.63) is 23.3 Å². The van der Waals surface area contributed by atoms with Crippen molar-refractivity contribution in [1.82, 2.24) is 4.72 Å². The predicted octanol–water partition coefficient (Wildman–Crippen LogP) is 0.545. The second-order valence-corrected chi connectivity index (χ2v) is 5.87. The van der Waals surface area contributed by atoms with E-state index in [4.69, 9.17) is 10.8 Å². The highest BCUT2D eigenvalue weighted by molar-refractivity contribution is 7.89. The summed E-state index contributed by atoms with van der Waals surface area (Å²) >= 11 is 0. The summed E-state index contributed by atoms with van der Waals surface area (Å²) in [7, 11) is -3.62. The number of aliphatic hydroxyl groups excluding tert-OH is 1. The molecule has 0 fully saturated rings. The summed E-state index contributed by atoms with van der Waals surface area (Å²) in [5.41, 5.74) is 7.88. The second-order valence-electron chi connectivity index (χ2n) is 4.16. The zero-order valence-corrected chi connectivity index (χ0v) is 11.0. The van der Waals surface area contributed by atoms with E-state index in [1.54, 1.807) is 19.9 Å². The molecule has 0 saturated heterocycles. The molecule has 1 atom stereocenters. The molecule has 0 radical (unpaired) electrons. The molecule has 0 saturated carbocycles. The second kappa shape index (κ2) is 5.03. The van der Waals surface area contributed by atoms with Crippen LogP contribution in [0.4, 0.5) is 5.69 Å². The van der Waals surface area contributed by atoms with E-state index in [1.807, 2.05) is 6.92 Å². The van der Waals surface area contributed by atoms with Crippen LogP contribution in [0.25, 0.3) is 0 Å². The van der Waals surface area contributed by atoms with Gasteiger partial charge in [0.25, 0.3) is 0 Å². The standard InChI is InChI=1S/C11H18N2O3S/c1-7-4-10(5-11(12)9(7)3)17(15,16)13-8(2)6-14/h4-5,8,13-14H,6,12H2,1-3H3/t8-/m1/s1. The number of aryl methyl sites for hydroxylation is 1. The van der Waals surface area contributed by atoms with Gasteiger partial charge in [0.2, 0.25) is 10.0 Å². The minimum absolute atomic E-state index is 0.124. The van der Waals surface area contributed by atoms with Gasteiger partial charge in [0.05, 0.1) is 11.5 Å². The highest BCUT2D eigenvalue weighted by atomic mass is 32.2. The van der Waals surface area contributed by atoms with Gasteiger partial charge in [0.15, 0.2) is 0 Å². The van der Waals surface area contributed by atoms with E-state index in [-0.39, 0.29) is 11.5 Å². The largest absolute Gasteiger partial charge is 0.398 e. The molecule has 0 aromatic heterocycles. The molecule has 0 aliphatic rings. The lowest BCUT2D eigenvalue weighted by molar-refractivity contribution is 0.265. The minimum Gasteiger partial charge on any atom is -0.398 e. The number of hydrogen-bond acceptors (Lipinski definition) is 4. The molecule has 1 aromatic carbocycles. The number of hydrogen-bond donors (Lipinski definition) is 3. The van der Waals surface area contributed by atoms with Crippen LogP contribution < -0.4 is 10.5 Å². The highest BCUT2D eigenvalue weighted by Crippen LogP contribution is 2.21. The Kier molecular flexibility index (Phi) is 4.13. The van der Waals surface area contributed by atoms with Crippen LogP contribution in [-0.2, 0) is 10.0 Å². The molecule has 17 heavy (non-hydrogen) atoms. The van der Waals surface area contributed by atoms with Crippen molar-refractivity contribution in [1.29, 1.82) is 0 Å². The Bertz CT molecular complexity index is 488. The third-order valence-electron chi connectivity index (χ3n) is 2.62. The molecule has 0 heterocycles. The highest BCUT2D eigenvalue weighted by Gasteiger charge is 2.18. The zero-order chi connectivity index (χ0) is 13.2. The lowest BCUT2D eigenvalue weighted by atomic mass is 10.1. The average Bonchev–Trinajstić information content (AvgIpc) is 2.24. The maximum absolute atomic E-state index is 11.9. The first-order valence-electron chi connectivity index (χ1n) is 5.28. The van der Waals surface area contributed by atoms with Gasteiger partial charge >= 0.3 is 0 Å². The van der Waals surface area contributed by atoms with Crippen molar-refractivity contribution < 1.29 is 13.5 Å². The predicted molar refractivity (Wildman–Crippen MR) is 67.2 cm³/mol. The Balaban J connectivity index is 3.16. The number of nitrogen functional groups attached to an aromatic ring is 1. The van der Waals surface area contributed by atoms with Crippen molar-refractivity contribution in [2.24, 2.45) is 0 Å². The normalized spacial score (nSPS) is 13.6. The molecule has 6 heteroatoms. The fraction of sp³-hybridized carbons (Fsp3) is 0.455. The number of anilines is 1. The minimum atomic E-state index is -3.62. The molecule has 96 valence electrons. The van der Waals surface area contributed by atoms with E-state index >= 15 is 0 Å². The quantitative estimate of drug-likeness (QED) is 0.687. The summed E-state index contributed by atoms with van der Waals surface area (Å²) in [6.45, 7) is 4.98. The van der Waals surface area contributed by atoms with Crippen molar-refractivity contribution in [3.63, 3.8) is 0 Å². The summed E-state index contributed by atoms with van der Waals surface area (Å²) in [6.07, 6.45) is 0. The molecule has 0 aliphatic heterocycles. The van der Waals surface area contributed by atoms with Crippen LogP contribution in [0.15, 0.2) is 17.0 Å². The van der Waals surface area contributed by atoms with Crippen LogP contribution in [0.1, 0.15) is 18.1 Å². The third kappa shape index (κ3) is 3.18. The molecule has 1 aromatic rings. The molecule has 0 bridgehead atoms. The molecule has 0 spiro atoms. The van der Waals surface area contributed by atoms with Gasteiger partial charge in [-0.05, 0) is 44.0 Å². The first-order valence-corrected chi connectivity index (χ1v) is 6.76. The Morgan fingerprint density at radius 1 is 1.41 bits per heavy atom. The molecule has 5 nitrogen and oxygen atoms in total. The van der Waals surface area contributed by atoms with Gasteiger partial charge in [0, 0.05) is 11.7 Å². The van der Waals surface area contributed by atoms with Gasteiger partial charge in [-0.1, -0.05) is 0 Å². The molecule has 0 unspecified atom stereocenters. The number of nitrogens with one attached hydrogen (secondary N) is 1. The number of aliphatic hydroxyl groups is 1. The Morgan fingerprint density at radius 2 is 2.00 bits per heavy atom. The fourth-order valence-corrected chi connectivity index (χ4v) is 2.73. The fourth-order valence-electron chi connectivity index (χ4n) is 1.38. The van der Waals surface area contributed by atoms with Crippen LogP contribution in [0, 0.1) is 13.8 Å². The first kappa shape index (κ1) is 14.0. The molecule has 0 aliphatic carbocycles. The zero-order valence-electron chi connectivity index (χ0n) is 10.2. The first-order chi connectivity index (χ1) is 7.77. The smallest absolute Gasteiger partial charge is 0.240 e. The monoisotopic (exact) mass is 258 g/mol. The molecule has 0 amide bonds. The summed E-state index contributed by atoms with van der Waals surface area (Å²) in [4.78, 5) is 0.124. The lowest BCUT2D eigenvalue weighted by Gasteiger charge is -2.13. The van der Waals surface area contributed by atoms with Gasteiger partial charge in [0.1, 0.15) is 0 Å². The number of rotatable bonds is 4. The maximum Gasteiger partial charge on any atom is 0.240 e. The van der Waals surface area contributed by atoms with Gasteiger partial charge in [-0.2, -0.15) is 0 Å². The van der Waals surface area contributed by atoms with Gasteiger partial charge in [-0.15, -0.1) is 0 Å². The Morgan fingerprint density at radius 3 is 2.47 bits per heavy atom. The van der Waals surface area contributed by atoms with E-state index in [0.717, 1.165) is 11.1 Å². The SMILES string of the molecule is Cc1cc(S(=O)(=O)N[C@H](C)CO)cc(N)c1C. The Labute approximate surface area is 102 Å². The van der Waals surface area contributed by atoms with Gasteiger partial charge in [-0.25, -0.2) is 13.1 Å². The van der Waals surface area contributed by atoms with Crippen LogP contribution in [0.3, 0.4) is 0 Å². The van der Waals surface area contributed by atoms with Crippen molar-refractivity contribution >= 4 is 15.7 Å². The summed E-state index contributed by atoms with van der Waals surface area (Å²) < 4.78 is 26.2. The Hall–Kier alpha value is -1.11. The number of sulfonamides is 1. The molecule has 1 rings (SSSR count). The molecular weight excluding hydrogens is 240 g/mol. The average molecular weight is 258 g/mol. The van der Waals surface area contributed by atoms with Crippen LogP contribution >= 0.6 is 0 Å². The van der Waals surface area contributed by atoms with Crippen LogP contribution in [0.2, 0.25) is 0 Å². The van der Waals surface area contributed by atoms with E-state index in [1.165, 1.54) is 6.07 Å². The summed E-state index contributed by atoms with van der Waals surface area (Å²) in [5, 5.41) is 8.85. The topological polar surface area (TPSA) is 92.4 Å². The van der Waals surface area contributed by atoms with E-state index in [2.05, 4.69) is 4.72 Å². The number of benzene rings is 1. The van der Waals surface area contributed by atoms with E-state index in [0.29, 0.717) is 5.69 Å². The van der Waals surface area contributed by atoms with Gasteiger partial charge < -0.3 is 10.8 Å². The van der Waals surface area contributed by atoms with E-state index in [9.17, 15) is 8.42 Å². The van der Waals surface area contributed by atoms with Crippen LogP contribution in [-0.4, -0.2) is 26.2 Å². The summed E-state index contributed by atoms with van der Waals surface area (Å²) in [6, 6.07) is 2.47. The molecule has 4 N–H and O–H groups in total. The summed E-state index contributed by atoms with van der Waals surface area (Å²) in [5.74, 6) is 0. The number of nitrogens with two attached hydrogens (primary N) is 1. The third-order valence-corrected chi connectivity index (χ3v) is 4.19. The van der Waals surface area contributed by atoms with Gasteiger partial charge in [-0.3, -0.25) is 0 Å². The van der Waals surface area contributed by atoms with Crippen molar-refractivity contribution in [3.8, 4) is 0 Å². The van der Waals surface area contributed by atoms with Crippen molar-refractivity contribution in [2.75, 3.05) is 12.3 Å².